The summed E-state index contributed by atoms with van der Waals surface area (Å²) in [6.45, 7) is 1.79. The third kappa shape index (κ3) is 1.77. The topological polar surface area (TPSA) is 43.0 Å². The van der Waals surface area contributed by atoms with E-state index < -0.39 is 12.5 Å². The number of alkyl halides is 2. The van der Waals surface area contributed by atoms with Crippen LogP contribution < -0.4 is 5.32 Å². The first-order chi connectivity index (χ1) is 8.65. The Bertz CT molecular complexity index is 536. The van der Waals surface area contributed by atoms with Gasteiger partial charge in [0.1, 0.15) is 17.6 Å². The van der Waals surface area contributed by atoms with Gasteiger partial charge in [0.2, 0.25) is 0 Å². The van der Waals surface area contributed by atoms with Crippen LogP contribution in [0.1, 0.15) is 30.0 Å². The predicted octanol–water partition coefficient (Wildman–Crippen LogP) is 3.15. The summed E-state index contributed by atoms with van der Waals surface area (Å²) in [6.07, 6.45) is -0.632. The van der Waals surface area contributed by atoms with E-state index in [-0.39, 0.29) is 12.5 Å². The van der Waals surface area contributed by atoms with E-state index in [0.29, 0.717) is 11.6 Å². The maximum absolute atomic E-state index is 13.1. The fourth-order valence-electron chi connectivity index (χ4n) is 2.34. The van der Waals surface area contributed by atoms with E-state index in [4.69, 9.17) is 4.42 Å². The zero-order valence-electron chi connectivity index (χ0n) is 9.81. The van der Waals surface area contributed by atoms with Crippen LogP contribution in [0.2, 0.25) is 0 Å². The number of anilines is 1. The van der Waals surface area contributed by atoms with Crippen molar-refractivity contribution in [2.45, 2.75) is 31.9 Å². The van der Waals surface area contributed by atoms with Crippen LogP contribution in [-0.2, 0) is 0 Å². The lowest BCUT2D eigenvalue weighted by atomic mass is 10.0. The highest BCUT2D eigenvalue weighted by molar-refractivity contribution is 5.42. The summed E-state index contributed by atoms with van der Waals surface area (Å²) < 4.78 is 32.9. The second-order valence-electron chi connectivity index (χ2n) is 4.47. The van der Waals surface area contributed by atoms with Crippen LogP contribution in [0, 0.1) is 6.92 Å². The summed E-state index contributed by atoms with van der Waals surface area (Å²) >= 11 is 0. The smallest absolute Gasteiger partial charge is 0.260 e. The zero-order chi connectivity index (χ0) is 12.7. The number of rotatable bonds is 2. The summed E-state index contributed by atoms with van der Waals surface area (Å²) in [6, 6.07) is 4.17. The number of nitrogens with zero attached hydrogens (tertiary/aromatic N) is 2. The third-order valence-corrected chi connectivity index (χ3v) is 3.15. The van der Waals surface area contributed by atoms with Gasteiger partial charge in [-0.05, 0) is 19.1 Å². The molecule has 0 bridgehead atoms. The van der Waals surface area contributed by atoms with Gasteiger partial charge in [-0.3, -0.25) is 0 Å². The number of hydrogen-bond donors (Lipinski definition) is 1. The molecule has 0 aromatic carbocycles. The number of fused-ring (bicyclic) bond motifs is 1. The molecular weight excluding hydrogens is 240 g/mol. The van der Waals surface area contributed by atoms with Gasteiger partial charge in [0.05, 0.1) is 18.0 Å². The minimum absolute atomic E-state index is 0.234. The summed E-state index contributed by atoms with van der Waals surface area (Å²) in [4.78, 5) is 0. The fourth-order valence-corrected chi connectivity index (χ4v) is 2.34. The number of aryl methyl sites for hydroxylation is 1. The molecule has 0 saturated carbocycles. The summed E-state index contributed by atoms with van der Waals surface area (Å²) in [5.41, 5.74) is 0.725. The lowest BCUT2D eigenvalue weighted by Crippen LogP contribution is -2.30. The highest BCUT2D eigenvalue weighted by atomic mass is 19.3. The molecule has 0 amide bonds. The SMILES string of the molecule is Cc1cc2n(n1)[C@H](C(F)F)C[C@H](c1ccco1)N2. The molecule has 0 spiro atoms. The molecule has 2 atom stereocenters. The maximum atomic E-state index is 13.1. The van der Waals surface area contributed by atoms with Crippen molar-refractivity contribution in [3.8, 4) is 0 Å². The minimum Gasteiger partial charge on any atom is -0.467 e. The number of furan rings is 1. The molecular formula is C12H13F2N3O. The summed E-state index contributed by atoms with van der Waals surface area (Å²) in [7, 11) is 0. The molecule has 2 aromatic rings. The van der Waals surface area contributed by atoms with Crippen molar-refractivity contribution in [2.75, 3.05) is 5.32 Å². The van der Waals surface area contributed by atoms with E-state index in [1.807, 2.05) is 0 Å². The lowest BCUT2D eigenvalue weighted by Gasteiger charge is -2.30. The van der Waals surface area contributed by atoms with Crippen molar-refractivity contribution in [1.29, 1.82) is 0 Å². The van der Waals surface area contributed by atoms with E-state index in [1.165, 1.54) is 4.68 Å². The quantitative estimate of drug-likeness (QED) is 0.894. The first-order valence-electron chi connectivity index (χ1n) is 5.79. The fraction of sp³-hybridized carbons (Fsp3) is 0.417. The molecule has 4 nitrogen and oxygen atoms in total. The third-order valence-electron chi connectivity index (χ3n) is 3.15. The molecule has 1 N–H and O–H groups in total. The van der Waals surface area contributed by atoms with Crippen molar-refractivity contribution >= 4 is 5.82 Å². The van der Waals surface area contributed by atoms with Gasteiger partial charge in [0.15, 0.2) is 0 Å². The molecule has 18 heavy (non-hydrogen) atoms. The number of nitrogens with one attached hydrogen (secondary N) is 1. The largest absolute Gasteiger partial charge is 0.467 e. The Labute approximate surface area is 103 Å². The Balaban J connectivity index is 1.97. The molecule has 2 aromatic heterocycles. The standard InChI is InChI=1S/C12H13F2N3O/c1-7-5-11-15-8(10-3-2-4-18-10)6-9(12(13)14)17(11)16-7/h2-5,8-9,12,15H,6H2,1H3/t8-,9+/m1/s1. The van der Waals surface area contributed by atoms with Crippen molar-refractivity contribution in [1.82, 2.24) is 9.78 Å². The molecule has 3 rings (SSSR count). The highest BCUT2D eigenvalue weighted by Crippen LogP contribution is 2.38. The van der Waals surface area contributed by atoms with Gasteiger partial charge in [-0.1, -0.05) is 0 Å². The van der Waals surface area contributed by atoms with Gasteiger partial charge in [-0.2, -0.15) is 5.10 Å². The van der Waals surface area contributed by atoms with Crippen LogP contribution in [-0.4, -0.2) is 16.2 Å². The average Bonchev–Trinajstić information content (AvgIpc) is 2.93. The molecule has 0 saturated heterocycles. The molecule has 0 unspecified atom stereocenters. The molecule has 0 aliphatic carbocycles. The molecule has 0 fully saturated rings. The van der Waals surface area contributed by atoms with Gasteiger partial charge in [0.25, 0.3) is 6.43 Å². The van der Waals surface area contributed by atoms with E-state index in [2.05, 4.69) is 10.4 Å². The second-order valence-corrected chi connectivity index (χ2v) is 4.47. The molecule has 3 heterocycles. The van der Waals surface area contributed by atoms with Crippen molar-refractivity contribution in [3.05, 3.63) is 35.9 Å². The van der Waals surface area contributed by atoms with Crippen molar-refractivity contribution in [2.24, 2.45) is 0 Å². The minimum atomic E-state index is -2.44. The van der Waals surface area contributed by atoms with E-state index in [1.54, 1.807) is 31.4 Å². The van der Waals surface area contributed by atoms with E-state index in [9.17, 15) is 8.78 Å². The van der Waals surface area contributed by atoms with Gasteiger partial charge in [-0.25, -0.2) is 13.5 Å². The first kappa shape index (κ1) is 11.3. The van der Waals surface area contributed by atoms with Crippen LogP contribution in [0.25, 0.3) is 0 Å². The Morgan fingerprint density at radius 3 is 3.06 bits per heavy atom. The summed E-state index contributed by atoms with van der Waals surface area (Å²) in [5, 5.41) is 7.29. The molecule has 96 valence electrons. The number of halogens is 2. The number of hydrogen-bond acceptors (Lipinski definition) is 3. The van der Waals surface area contributed by atoms with E-state index in [0.717, 1.165) is 5.69 Å². The van der Waals surface area contributed by atoms with Crippen LogP contribution in [0.4, 0.5) is 14.6 Å². The van der Waals surface area contributed by atoms with Crippen LogP contribution in [0.15, 0.2) is 28.9 Å². The van der Waals surface area contributed by atoms with Crippen LogP contribution in [0.3, 0.4) is 0 Å². The van der Waals surface area contributed by atoms with Gasteiger partial charge in [-0.15, -0.1) is 0 Å². The average molecular weight is 253 g/mol. The Hall–Kier alpha value is -1.85. The molecule has 1 aliphatic heterocycles. The lowest BCUT2D eigenvalue weighted by molar-refractivity contribution is 0.0644. The van der Waals surface area contributed by atoms with Crippen molar-refractivity contribution < 1.29 is 13.2 Å². The second kappa shape index (κ2) is 4.12. The van der Waals surface area contributed by atoms with Crippen molar-refractivity contribution in [3.63, 3.8) is 0 Å². The van der Waals surface area contributed by atoms with E-state index >= 15 is 0 Å². The zero-order valence-corrected chi connectivity index (χ0v) is 9.81. The van der Waals surface area contributed by atoms with Gasteiger partial charge < -0.3 is 9.73 Å². The van der Waals surface area contributed by atoms with Crippen LogP contribution in [0.5, 0.6) is 0 Å². The van der Waals surface area contributed by atoms with Crippen LogP contribution >= 0.6 is 0 Å². The summed E-state index contributed by atoms with van der Waals surface area (Å²) in [5.74, 6) is 1.29. The Morgan fingerprint density at radius 1 is 1.56 bits per heavy atom. The normalized spacial score (nSPS) is 22.9. The number of aromatic nitrogens is 2. The predicted molar refractivity (Wildman–Crippen MR) is 61.7 cm³/mol. The molecule has 1 aliphatic rings. The highest BCUT2D eigenvalue weighted by Gasteiger charge is 2.35. The Kier molecular flexibility index (Phi) is 2.57. The maximum Gasteiger partial charge on any atom is 0.260 e. The Morgan fingerprint density at radius 2 is 2.39 bits per heavy atom. The molecule has 0 radical (unpaired) electrons. The monoisotopic (exact) mass is 253 g/mol. The van der Waals surface area contributed by atoms with Gasteiger partial charge >= 0.3 is 0 Å². The van der Waals surface area contributed by atoms with Gasteiger partial charge in [0, 0.05) is 12.5 Å². The molecule has 6 heteroatoms. The first-order valence-corrected chi connectivity index (χ1v) is 5.79.